The van der Waals surface area contributed by atoms with Crippen LogP contribution in [-0.4, -0.2) is 24.7 Å². The summed E-state index contributed by atoms with van der Waals surface area (Å²) >= 11 is 0. The number of nitrogens with two attached hydrogens (primary N) is 2. The van der Waals surface area contributed by atoms with Crippen molar-refractivity contribution in [2.24, 2.45) is 11.5 Å². The van der Waals surface area contributed by atoms with Crippen LogP contribution in [0.2, 0.25) is 0 Å². The van der Waals surface area contributed by atoms with E-state index in [-0.39, 0.29) is 24.5 Å². The molecule has 102 valence electrons. The molecule has 5 heteroatoms. The number of esters is 1. The Balaban J connectivity index is 0.00000256. The van der Waals surface area contributed by atoms with Crippen LogP contribution in [0, 0.1) is 0 Å². The van der Waals surface area contributed by atoms with Gasteiger partial charge in [0, 0.05) is 0 Å². The van der Waals surface area contributed by atoms with Crippen LogP contribution in [0.25, 0.3) is 0 Å². The smallest absolute Gasteiger partial charge is 0.323 e. The number of rotatable bonds is 6. The average molecular weight is 265 g/mol. The van der Waals surface area contributed by atoms with Gasteiger partial charge < -0.3 is 16.2 Å². The zero-order valence-corrected chi connectivity index (χ0v) is 11.2. The van der Waals surface area contributed by atoms with Gasteiger partial charge in [-0.2, -0.15) is 0 Å². The Morgan fingerprint density at radius 1 is 1.24 bits per heavy atom. The fourth-order valence-electron chi connectivity index (χ4n) is 2.06. The Morgan fingerprint density at radius 2 is 1.88 bits per heavy atom. The van der Waals surface area contributed by atoms with Gasteiger partial charge in [0.05, 0.1) is 0 Å². The first-order valence-corrected chi connectivity index (χ1v) is 6.40. The molecule has 0 bridgehead atoms. The van der Waals surface area contributed by atoms with Crippen molar-refractivity contribution in [3.63, 3.8) is 0 Å². The zero-order chi connectivity index (χ0) is 11.8. The van der Waals surface area contributed by atoms with Gasteiger partial charge in [0.2, 0.25) is 0 Å². The molecule has 0 saturated heterocycles. The molecular formula is C12H25ClN2O2. The maximum atomic E-state index is 11.6. The van der Waals surface area contributed by atoms with E-state index in [0.717, 1.165) is 25.7 Å². The van der Waals surface area contributed by atoms with Gasteiger partial charge in [-0.3, -0.25) is 4.79 Å². The molecule has 0 aromatic carbocycles. The zero-order valence-electron chi connectivity index (χ0n) is 10.4. The second-order valence-electron chi connectivity index (χ2n) is 4.59. The van der Waals surface area contributed by atoms with E-state index in [1.54, 1.807) is 0 Å². The first kappa shape index (κ1) is 16.7. The average Bonchev–Trinajstić information content (AvgIpc) is 2.30. The van der Waals surface area contributed by atoms with Crippen molar-refractivity contribution in [1.29, 1.82) is 0 Å². The molecule has 4 nitrogen and oxygen atoms in total. The van der Waals surface area contributed by atoms with Gasteiger partial charge in [0.25, 0.3) is 0 Å². The largest absolute Gasteiger partial charge is 0.461 e. The predicted octanol–water partition coefficient (Wildman–Crippen LogP) is 1.74. The molecule has 0 aromatic heterocycles. The number of ether oxygens (including phenoxy) is 1. The summed E-state index contributed by atoms with van der Waals surface area (Å²) in [6.45, 7) is 0.657. The lowest BCUT2D eigenvalue weighted by atomic mass is 9.98. The quantitative estimate of drug-likeness (QED) is 0.566. The number of carbonyl (C=O) groups excluding carboxylic acids is 1. The van der Waals surface area contributed by atoms with Gasteiger partial charge in [-0.05, 0) is 45.1 Å². The fraction of sp³-hybridized carbons (Fsp3) is 0.917. The molecule has 0 heterocycles. The van der Waals surface area contributed by atoms with E-state index in [4.69, 9.17) is 16.2 Å². The Labute approximate surface area is 110 Å². The summed E-state index contributed by atoms with van der Waals surface area (Å²) in [4.78, 5) is 11.6. The van der Waals surface area contributed by atoms with Crippen LogP contribution < -0.4 is 11.5 Å². The van der Waals surface area contributed by atoms with Gasteiger partial charge in [0.1, 0.15) is 12.1 Å². The summed E-state index contributed by atoms with van der Waals surface area (Å²) in [7, 11) is 0. The van der Waals surface area contributed by atoms with E-state index in [9.17, 15) is 4.79 Å². The van der Waals surface area contributed by atoms with Crippen molar-refractivity contribution in [3.05, 3.63) is 0 Å². The molecule has 1 aliphatic carbocycles. The fourth-order valence-corrected chi connectivity index (χ4v) is 2.06. The molecule has 1 atom stereocenters. The molecule has 1 fully saturated rings. The number of carbonyl (C=O) groups is 1. The van der Waals surface area contributed by atoms with Crippen molar-refractivity contribution in [3.8, 4) is 0 Å². The van der Waals surface area contributed by atoms with Crippen LogP contribution >= 0.6 is 12.4 Å². The van der Waals surface area contributed by atoms with Crippen molar-refractivity contribution >= 4 is 18.4 Å². The molecule has 0 aliphatic heterocycles. The van der Waals surface area contributed by atoms with E-state index in [1.165, 1.54) is 19.3 Å². The van der Waals surface area contributed by atoms with Gasteiger partial charge in [0.15, 0.2) is 0 Å². The molecule has 1 rings (SSSR count). The lowest BCUT2D eigenvalue weighted by molar-refractivity contribution is -0.152. The molecule has 1 unspecified atom stereocenters. The summed E-state index contributed by atoms with van der Waals surface area (Å²) in [6, 6.07) is -0.464. The minimum absolute atomic E-state index is 0. The Kier molecular flexibility index (Phi) is 9.50. The summed E-state index contributed by atoms with van der Waals surface area (Å²) in [6.07, 6.45) is 8.21. The van der Waals surface area contributed by atoms with Gasteiger partial charge in [-0.1, -0.05) is 12.8 Å². The molecule has 17 heavy (non-hydrogen) atoms. The van der Waals surface area contributed by atoms with Crippen LogP contribution in [0.4, 0.5) is 0 Å². The highest BCUT2D eigenvalue weighted by Gasteiger charge is 2.21. The van der Waals surface area contributed by atoms with Crippen LogP contribution in [0.1, 0.15) is 51.4 Å². The van der Waals surface area contributed by atoms with E-state index in [2.05, 4.69) is 0 Å². The summed E-state index contributed by atoms with van der Waals surface area (Å²) < 4.78 is 5.39. The summed E-state index contributed by atoms with van der Waals surface area (Å²) in [5.74, 6) is -0.232. The van der Waals surface area contributed by atoms with Crippen LogP contribution in [-0.2, 0) is 9.53 Å². The molecule has 0 radical (unpaired) electrons. The third-order valence-electron chi connectivity index (χ3n) is 3.11. The first-order valence-electron chi connectivity index (χ1n) is 6.40. The highest BCUT2D eigenvalue weighted by molar-refractivity contribution is 5.85. The number of hydrogen-bond acceptors (Lipinski definition) is 4. The van der Waals surface area contributed by atoms with E-state index in [1.807, 2.05) is 0 Å². The first-order chi connectivity index (χ1) is 7.74. The minimum atomic E-state index is -0.464. The SMILES string of the molecule is Cl.NCCCCC(N)C(=O)OC1CCCCC1. The van der Waals surface area contributed by atoms with Crippen LogP contribution in [0.15, 0.2) is 0 Å². The molecule has 1 saturated carbocycles. The number of hydrogen-bond donors (Lipinski definition) is 2. The maximum Gasteiger partial charge on any atom is 0.323 e. The molecule has 1 aliphatic rings. The highest BCUT2D eigenvalue weighted by atomic mass is 35.5. The van der Waals surface area contributed by atoms with Crippen LogP contribution in [0.5, 0.6) is 0 Å². The minimum Gasteiger partial charge on any atom is -0.461 e. The van der Waals surface area contributed by atoms with Crippen molar-refractivity contribution in [2.75, 3.05) is 6.54 Å². The van der Waals surface area contributed by atoms with Gasteiger partial charge in [-0.25, -0.2) is 0 Å². The third kappa shape index (κ3) is 6.86. The van der Waals surface area contributed by atoms with Crippen molar-refractivity contribution < 1.29 is 9.53 Å². The van der Waals surface area contributed by atoms with Crippen molar-refractivity contribution in [2.45, 2.75) is 63.5 Å². The lowest BCUT2D eigenvalue weighted by Crippen LogP contribution is -2.35. The highest BCUT2D eigenvalue weighted by Crippen LogP contribution is 2.20. The standard InChI is InChI=1S/C12H24N2O2.ClH/c13-9-5-4-8-11(14)12(15)16-10-6-2-1-3-7-10;/h10-11H,1-9,13-14H2;1H. The third-order valence-corrected chi connectivity index (χ3v) is 3.11. The predicted molar refractivity (Wildman–Crippen MR) is 71.1 cm³/mol. The van der Waals surface area contributed by atoms with Gasteiger partial charge >= 0.3 is 5.97 Å². The summed E-state index contributed by atoms with van der Waals surface area (Å²) in [5, 5.41) is 0. The van der Waals surface area contributed by atoms with E-state index < -0.39 is 6.04 Å². The normalized spacial score (nSPS) is 18.2. The molecular weight excluding hydrogens is 240 g/mol. The molecule has 0 aromatic rings. The van der Waals surface area contributed by atoms with E-state index in [0.29, 0.717) is 13.0 Å². The van der Waals surface area contributed by atoms with Crippen LogP contribution in [0.3, 0.4) is 0 Å². The van der Waals surface area contributed by atoms with Crippen molar-refractivity contribution in [1.82, 2.24) is 0 Å². The molecule has 0 spiro atoms. The number of halogens is 1. The Morgan fingerprint density at radius 3 is 2.47 bits per heavy atom. The van der Waals surface area contributed by atoms with Gasteiger partial charge in [-0.15, -0.1) is 12.4 Å². The second kappa shape index (κ2) is 9.68. The second-order valence-corrected chi connectivity index (χ2v) is 4.59. The monoisotopic (exact) mass is 264 g/mol. The Hall–Kier alpha value is -0.320. The lowest BCUT2D eigenvalue weighted by Gasteiger charge is -2.23. The summed E-state index contributed by atoms with van der Waals surface area (Å²) in [5.41, 5.74) is 11.1. The molecule has 4 N–H and O–H groups in total. The van der Waals surface area contributed by atoms with E-state index >= 15 is 0 Å². The molecule has 0 amide bonds. The number of unbranched alkanes of at least 4 members (excludes halogenated alkanes) is 1. The topological polar surface area (TPSA) is 78.3 Å². The maximum absolute atomic E-state index is 11.6. The Bertz CT molecular complexity index is 209.